The highest BCUT2D eigenvalue weighted by molar-refractivity contribution is 5.92. The molecule has 0 aliphatic carbocycles. The van der Waals surface area contributed by atoms with Gasteiger partial charge in [-0.1, -0.05) is 12.1 Å². The first-order valence-electron chi connectivity index (χ1n) is 12.1. The van der Waals surface area contributed by atoms with Crippen molar-refractivity contribution in [2.24, 2.45) is 0 Å². The number of aliphatic carboxylic acids is 1. The first kappa shape index (κ1) is 23.5. The van der Waals surface area contributed by atoms with Gasteiger partial charge >= 0.3 is 5.97 Å². The monoisotopic (exact) mass is 485 g/mol. The number of carboxylic acid groups (broad SMARTS) is 1. The molecule has 0 spiro atoms. The van der Waals surface area contributed by atoms with Crippen molar-refractivity contribution in [2.45, 2.75) is 44.7 Å². The van der Waals surface area contributed by atoms with E-state index in [9.17, 15) is 19.5 Å². The van der Waals surface area contributed by atoms with Gasteiger partial charge in [0.05, 0.1) is 0 Å². The van der Waals surface area contributed by atoms with Crippen LogP contribution in [0, 0.1) is 0 Å². The molecule has 5 rings (SSSR count). The van der Waals surface area contributed by atoms with Gasteiger partial charge in [0.15, 0.2) is 0 Å². The van der Waals surface area contributed by atoms with Gasteiger partial charge in [0.25, 0.3) is 10.9 Å². The van der Waals surface area contributed by atoms with Crippen LogP contribution in [-0.4, -0.2) is 39.7 Å². The van der Waals surface area contributed by atoms with Gasteiger partial charge < -0.3 is 20.6 Å². The maximum absolute atomic E-state index is 12.3. The van der Waals surface area contributed by atoms with E-state index in [1.165, 1.54) is 0 Å². The van der Waals surface area contributed by atoms with Crippen LogP contribution in [0.5, 0.6) is 0 Å². The number of anilines is 4. The lowest BCUT2D eigenvalue weighted by Crippen LogP contribution is -2.49. The molecule has 9 heteroatoms. The molecule has 0 radical (unpaired) electrons. The molecule has 1 aliphatic heterocycles. The van der Waals surface area contributed by atoms with Crippen molar-refractivity contribution in [2.75, 3.05) is 22.1 Å². The minimum absolute atomic E-state index is 0.121. The smallest absolute Gasteiger partial charge is 0.326 e. The van der Waals surface area contributed by atoms with Gasteiger partial charge in [-0.05, 0) is 56.0 Å². The highest BCUT2D eigenvalue weighted by Gasteiger charge is 2.32. The maximum Gasteiger partial charge on any atom is 0.326 e. The van der Waals surface area contributed by atoms with Gasteiger partial charge in [0.2, 0.25) is 0 Å². The number of rotatable bonds is 8. The first-order chi connectivity index (χ1) is 17.4. The van der Waals surface area contributed by atoms with Crippen LogP contribution in [0.1, 0.15) is 31.7 Å². The predicted octanol–water partition coefficient (Wildman–Crippen LogP) is 3.46. The first-order valence-corrected chi connectivity index (χ1v) is 12.1. The summed E-state index contributed by atoms with van der Waals surface area (Å²) in [5.74, 6) is -0.385. The number of fused-ring (bicyclic) bond motifs is 1. The van der Waals surface area contributed by atoms with E-state index in [1.54, 1.807) is 18.6 Å². The van der Waals surface area contributed by atoms with E-state index < -0.39 is 22.9 Å². The molecule has 36 heavy (non-hydrogen) atoms. The average Bonchev–Trinajstić information content (AvgIpc) is 2.89. The van der Waals surface area contributed by atoms with Crippen molar-refractivity contribution in [1.82, 2.24) is 9.97 Å². The summed E-state index contributed by atoms with van der Waals surface area (Å²) < 4.78 is 0. The van der Waals surface area contributed by atoms with Crippen LogP contribution in [0.15, 0.2) is 64.6 Å². The third kappa shape index (κ3) is 4.51. The molecule has 0 bridgehead atoms. The molecular weight excluding hydrogens is 458 g/mol. The van der Waals surface area contributed by atoms with Crippen molar-refractivity contribution < 1.29 is 9.90 Å². The number of benzene rings is 1. The van der Waals surface area contributed by atoms with Gasteiger partial charge in [0, 0.05) is 54.1 Å². The molecular formula is C27H27N5O4. The summed E-state index contributed by atoms with van der Waals surface area (Å²) in [6.07, 6.45) is 8.31. The van der Waals surface area contributed by atoms with E-state index in [-0.39, 0.29) is 18.2 Å². The number of pyridine rings is 2. The second-order valence-corrected chi connectivity index (χ2v) is 9.24. The number of carboxylic acids is 1. The molecule has 1 aliphatic rings. The third-order valence-corrected chi connectivity index (χ3v) is 6.81. The Kier molecular flexibility index (Phi) is 6.37. The van der Waals surface area contributed by atoms with Crippen molar-refractivity contribution in [3.05, 3.63) is 81.0 Å². The van der Waals surface area contributed by atoms with Crippen molar-refractivity contribution >= 4 is 39.6 Å². The summed E-state index contributed by atoms with van der Waals surface area (Å²) in [5.41, 5.74) is 0.850. The van der Waals surface area contributed by atoms with Gasteiger partial charge in [-0.2, -0.15) is 0 Å². The zero-order chi connectivity index (χ0) is 25.2. The third-order valence-electron chi connectivity index (χ3n) is 6.81. The average molecular weight is 486 g/mol. The van der Waals surface area contributed by atoms with E-state index in [2.05, 4.69) is 20.6 Å². The van der Waals surface area contributed by atoms with E-state index in [0.29, 0.717) is 18.1 Å². The molecule has 1 unspecified atom stereocenters. The molecule has 184 valence electrons. The number of nitrogens with zero attached hydrogens (tertiary/aromatic N) is 3. The summed E-state index contributed by atoms with van der Waals surface area (Å²) in [6.45, 7) is 2.71. The lowest BCUT2D eigenvalue weighted by molar-refractivity contribution is -0.137. The molecule has 2 aromatic heterocycles. The van der Waals surface area contributed by atoms with Gasteiger partial charge in [-0.15, -0.1) is 0 Å². The molecule has 4 aromatic rings. The Hall–Kier alpha value is -4.27. The summed E-state index contributed by atoms with van der Waals surface area (Å²) in [5, 5.41) is 17.9. The van der Waals surface area contributed by atoms with Crippen molar-refractivity contribution in [3.8, 4) is 0 Å². The van der Waals surface area contributed by atoms with Gasteiger partial charge in [-0.25, -0.2) is 9.78 Å². The van der Waals surface area contributed by atoms with E-state index in [1.807, 2.05) is 48.2 Å². The Balaban J connectivity index is 1.31. The highest BCUT2D eigenvalue weighted by Crippen LogP contribution is 2.29. The van der Waals surface area contributed by atoms with Crippen LogP contribution < -0.4 is 26.4 Å². The lowest BCUT2D eigenvalue weighted by Gasteiger charge is -2.37. The van der Waals surface area contributed by atoms with Crippen LogP contribution >= 0.6 is 0 Å². The standard InChI is InChI=1S/C27H27N5O4/c1-16-4-2-3-13-32(16)23-22(24(33)25(23)34)31-21(27(35)36)14-17-5-7-19(8-6-17)30-26-20-10-11-28-15-18(20)9-12-29-26/h5-12,15-16,21,31H,2-4,13-14H2,1H3,(H,29,30)(H,35,36)/t16?,21-/m0/s1. The Morgan fingerprint density at radius 2 is 1.92 bits per heavy atom. The Bertz CT molecular complexity index is 1470. The second kappa shape index (κ2) is 9.77. The fraction of sp³-hybridized carbons (Fsp3) is 0.296. The number of aromatic nitrogens is 2. The molecule has 3 N–H and O–H groups in total. The minimum Gasteiger partial charge on any atom is -0.480 e. The van der Waals surface area contributed by atoms with E-state index in [4.69, 9.17) is 0 Å². The number of carbonyl (C=O) groups is 1. The number of hydrogen-bond acceptors (Lipinski definition) is 8. The number of nitrogens with one attached hydrogen (secondary N) is 2. The fourth-order valence-corrected chi connectivity index (χ4v) is 4.81. The van der Waals surface area contributed by atoms with Crippen LogP contribution in [0.25, 0.3) is 10.8 Å². The summed E-state index contributed by atoms with van der Waals surface area (Å²) in [4.78, 5) is 47.2. The zero-order valence-corrected chi connectivity index (χ0v) is 19.9. The van der Waals surface area contributed by atoms with Crippen LogP contribution in [-0.2, 0) is 11.2 Å². The lowest BCUT2D eigenvalue weighted by atomic mass is 9.99. The van der Waals surface area contributed by atoms with Gasteiger partial charge in [0.1, 0.15) is 23.2 Å². The van der Waals surface area contributed by atoms with Crippen LogP contribution in [0.4, 0.5) is 22.9 Å². The largest absolute Gasteiger partial charge is 0.480 e. The Labute approximate surface area is 207 Å². The summed E-state index contributed by atoms with van der Waals surface area (Å²) >= 11 is 0. The van der Waals surface area contributed by atoms with Crippen molar-refractivity contribution in [3.63, 3.8) is 0 Å². The molecule has 1 fully saturated rings. The van der Waals surface area contributed by atoms with E-state index in [0.717, 1.165) is 41.3 Å². The molecule has 0 saturated carbocycles. The Morgan fingerprint density at radius 3 is 2.67 bits per heavy atom. The second-order valence-electron chi connectivity index (χ2n) is 9.24. The topological polar surface area (TPSA) is 125 Å². The zero-order valence-electron chi connectivity index (χ0n) is 19.9. The predicted molar refractivity (Wildman–Crippen MR) is 140 cm³/mol. The van der Waals surface area contributed by atoms with Crippen LogP contribution in [0.3, 0.4) is 0 Å². The highest BCUT2D eigenvalue weighted by atomic mass is 16.4. The number of piperidine rings is 1. The molecule has 3 heterocycles. The summed E-state index contributed by atoms with van der Waals surface area (Å²) in [6, 6.07) is 10.3. The quantitative estimate of drug-likeness (QED) is 0.322. The van der Waals surface area contributed by atoms with Crippen molar-refractivity contribution in [1.29, 1.82) is 0 Å². The Morgan fingerprint density at radius 1 is 1.11 bits per heavy atom. The van der Waals surface area contributed by atoms with Gasteiger partial charge in [-0.3, -0.25) is 14.6 Å². The molecule has 1 saturated heterocycles. The SMILES string of the molecule is CC1CCCCN1c1c(N[C@@H](Cc2ccc(Nc3nccc4cnccc34)cc2)C(=O)O)c(=O)c1=O. The molecule has 2 aromatic carbocycles. The normalized spacial score (nSPS) is 16.7. The van der Waals surface area contributed by atoms with E-state index >= 15 is 0 Å². The minimum atomic E-state index is -1.09. The summed E-state index contributed by atoms with van der Waals surface area (Å²) in [7, 11) is 0. The molecule has 2 atom stereocenters. The fourth-order valence-electron chi connectivity index (χ4n) is 4.81. The maximum atomic E-state index is 12.3. The molecule has 9 nitrogen and oxygen atoms in total. The number of hydrogen-bond donors (Lipinski definition) is 3. The van der Waals surface area contributed by atoms with Crippen LogP contribution in [0.2, 0.25) is 0 Å². The molecule has 0 amide bonds.